The standard InChI is InChI=1S/C23H28N2O2/c1-16-13-17(2)23(18(3)14-16)22(27)15-24-9-11-25(12-10-24)21-7-5-20(6-8-21)19(4)26/h5-8,13-14H,9-12,15H2,1-4H3. The molecule has 1 aliphatic heterocycles. The first-order valence-corrected chi connectivity index (χ1v) is 9.54. The molecule has 4 heteroatoms. The fourth-order valence-corrected chi connectivity index (χ4v) is 3.97. The quantitative estimate of drug-likeness (QED) is 0.756. The number of hydrogen-bond acceptors (Lipinski definition) is 4. The highest BCUT2D eigenvalue weighted by Gasteiger charge is 2.21. The lowest BCUT2D eigenvalue weighted by molar-refractivity contribution is 0.0924. The number of anilines is 1. The van der Waals surface area contributed by atoms with E-state index in [1.165, 1.54) is 5.56 Å². The van der Waals surface area contributed by atoms with Crippen LogP contribution in [0.4, 0.5) is 5.69 Å². The summed E-state index contributed by atoms with van der Waals surface area (Å²) < 4.78 is 0. The van der Waals surface area contributed by atoms with E-state index in [0.717, 1.165) is 54.1 Å². The van der Waals surface area contributed by atoms with Crippen LogP contribution in [-0.2, 0) is 0 Å². The van der Waals surface area contributed by atoms with Gasteiger partial charge in [-0.25, -0.2) is 0 Å². The minimum absolute atomic E-state index is 0.0894. The molecule has 0 amide bonds. The maximum atomic E-state index is 12.8. The molecule has 4 nitrogen and oxygen atoms in total. The summed E-state index contributed by atoms with van der Waals surface area (Å²) in [6.45, 7) is 11.7. The smallest absolute Gasteiger partial charge is 0.177 e. The van der Waals surface area contributed by atoms with Crippen LogP contribution < -0.4 is 4.90 Å². The van der Waals surface area contributed by atoms with Gasteiger partial charge in [-0.05, 0) is 63.1 Å². The van der Waals surface area contributed by atoms with Gasteiger partial charge in [-0.2, -0.15) is 0 Å². The van der Waals surface area contributed by atoms with Crippen molar-refractivity contribution in [3.8, 4) is 0 Å². The zero-order valence-corrected chi connectivity index (χ0v) is 16.7. The lowest BCUT2D eigenvalue weighted by Crippen LogP contribution is -2.48. The number of nitrogens with zero attached hydrogens (tertiary/aromatic N) is 2. The summed E-state index contributed by atoms with van der Waals surface area (Å²) in [4.78, 5) is 28.8. The number of carbonyl (C=O) groups excluding carboxylic acids is 2. The summed E-state index contributed by atoms with van der Waals surface area (Å²) >= 11 is 0. The summed E-state index contributed by atoms with van der Waals surface area (Å²) in [5.41, 5.74) is 6.10. The van der Waals surface area contributed by atoms with E-state index < -0.39 is 0 Å². The first kappa shape index (κ1) is 19.3. The van der Waals surface area contributed by atoms with Gasteiger partial charge >= 0.3 is 0 Å². The van der Waals surface area contributed by atoms with Crippen molar-refractivity contribution >= 4 is 17.3 Å². The molecule has 0 saturated carbocycles. The van der Waals surface area contributed by atoms with Crippen LogP contribution in [-0.4, -0.2) is 49.2 Å². The average molecular weight is 364 g/mol. The Labute approximate surface area is 161 Å². The molecule has 0 atom stereocenters. The Morgan fingerprint density at radius 1 is 0.889 bits per heavy atom. The van der Waals surface area contributed by atoms with E-state index in [2.05, 4.69) is 28.9 Å². The Hall–Kier alpha value is -2.46. The number of rotatable bonds is 5. The molecule has 142 valence electrons. The van der Waals surface area contributed by atoms with E-state index in [1.807, 2.05) is 38.1 Å². The minimum Gasteiger partial charge on any atom is -0.369 e. The first-order chi connectivity index (χ1) is 12.8. The van der Waals surface area contributed by atoms with Gasteiger partial charge in [-0.15, -0.1) is 0 Å². The van der Waals surface area contributed by atoms with Crippen LogP contribution in [0.25, 0.3) is 0 Å². The van der Waals surface area contributed by atoms with Gasteiger partial charge in [0, 0.05) is 43.0 Å². The molecular formula is C23H28N2O2. The van der Waals surface area contributed by atoms with Crippen LogP contribution in [0, 0.1) is 20.8 Å². The number of hydrogen-bond donors (Lipinski definition) is 0. The zero-order valence-electron chi connectivity index (χ0n) is 16.7. The van der Waals surface area contributed by atoms with Gasteiger partial charge < -0.3 is 4.90 Å². The van der Waals surface area contributed by atoms with Crippen molar-refractivity contribution in [3.63, 3.8) is 0 Å². The van der Waals surface area contributed by atoms with E-state index in [9.17, 15) is 9.59 Å². The van der Waals surface area contributed by atoms with Gasteiger partial charge in [-0.3, -0.25) is 14.5 Å². The number of carbonyl (C=O) groups is 2. The van der Waals surface area contributed by atoms with E-state index in [1.54, 1.807) is 6.92 Å². The van der Waals surface area contributed by atoms with Crippen LogP contribution >= 0.6 is 0 Å². The van der Waals surface area contributed by atoms with Crippen LogP contribution in [0.3, 0.4) is 0 Å². The fourth-order valence-electron chi connectivity index (χ4n) is 3.97. The molecule has 1 heterocycles. The molecule has 1 saturated heterocycles. The largest absolute Gasteiger partial charge is 0.369 e. The second kappa shape index (κ2) is 8.05. The van der Waals surface area contributed by atoms with Crippen LogP contribution in [0.5, 0.6) is 0 Å². The van der Waals surface area contributed by atoms with Crippen LogP contribution in [0.1, 0.15) is 44.3 Å². The van der Waals surface area contributed by atoms with Crippen LogP contribution in [0.2, 0.25) is 0 Å². The number of ketones is 2. The van der Waals surface area contributed by atoms with E-state index in [-0.39, 0.29) is 11.6 Å². The molecule has 2 aromatic rings. The second-order valence-corrected chi connectivity index (χ2v) is 7.56. The molecule has 0 aliphatic carbocycles. The average Bonchev–Trinajstić information content (AvgIpc) is 2.61. The summed E-state index contributed by atoms with van der Waals surface area (Å²) in [5.74, 6) is 0.302. The SMILES string of the molecule is CC(=O)c1ccc(N2CCN(CC(=O)c3c(C)cc(C)cc3C)CC2)cc1. The zero-order chi connectivity index (χ0) is 19.6. The molecule has 0 spiro atoms. The summed E-state index contributed by atoms with van der Waals surface area (Å²) in [7, 11) is 0. The van der Waals surface area contributed by atoms with Gasteiger partial charge in [0.25, 0.3) is 0 Å². The highest BCUT2D eigenvalue weighted by atomic mass is 16.1. The Morgan fingerprint density at radius 2 is 1.44 bits per heavy atom. The maximum Gasteiger partial charge on any atom is 0.177 e. The lowest BCUT2D eigenvalue weighted by atomic mass is 9.96. The normalized spacial score (nSPS) is 15.0. The molecule has 0 N–H and O–H groups in total. The van der Waals surface area contributed by atoms with Crippen LogP contribution in [0.15, 0.2) is 36.4 Å². The lowest BCUT2D eigenvalue weighted by Gasteiger charge is -2.36. The molecule has 3 rings (SSSR count). The highest BCUT2D eigenvalue weighted by molar-refractivity contribution is 6.00. The molecule has 0 aromatic heterocycles. The van der Waals surface area contributed by atoms with Gasteiger partial charge in [0.05, 0.1) is 6.54 Å². The predicted octanol–water partition coefficient (Wildman–Crippen LogP) is 3.82. The van der Waals surface area contributed by atoms with E-state index in [0.29, 0.717) is 6.54 Å². The van der Waals surface area contributed by atoms with Gasteiger partial charge in [0.15, 0.2) is 11.6 Å². The summed E-state index contributed by atoms with van der Waals surface area (Å²) in [6.07, 6.45) is 0. The van der Waals surface area contributed by atoms with Gasteiger partial charge in [0.2, 0.25) is 0 Å². The van der Waals surface area contributed by atoms with Crippen molar-refractivity contribution in [1.29, 1.82) is 0 Å². The molecule has 0 unspecified atom stereocenters. The molecule has 0 bridgehead atoms. The molecule has 0 radical (unpaired) electrons. The number of benzene rings is 2. The van der Waals surface area contributed by atoms with Crippen molar-refractivity contribution in [2.45, 2.75) is 27.7 Å². The maximum absolute atomic E-state index is 12.8. The second-order valence-electron chi connectivity index (χ2n) is 7.56. The minimum atomic E-state index is 0.0894. The van der Waals surface area contributed by atoms with Crippen molar-refractivity contribution in [2.75, 3.05) is 37.6 Å². The number of aryl methyl sites for hydroxylation is 3. The Balaban J connectivity index is 1.59. The van der Waals surface area contributed by atoms with E-state index >= 15 is 0 Å². The van der Waals surface area contributed by atoms with Crippen molar-refractivity contribution < 1.29 is 9.59 Å². The van der Waals surface area contributed by atoms with Crippen molar-refractivity contribution in [3.05, 3.63) is 64.2 Å². The topological polar surface area (TPSA) is 40.6 Å². The summed E-state index contributed by atoms with van der Waals surface area (Å²) in [5, 5.41) is 0. The Kier molecular flexibility index (Phi) is 5.76. The third-order valence-electron chi connectivity index (χ3n) is 5.33. The van der Waals surface area contributed by atoms with Gasteiger partial charge in [-0.1, -0.05) is 17.7 Å². The Bertz CT molecular complexity index is 824. The Morgan fingerprint density at radius 3 is 1.96 bits per heavy atom. The van der Waals surface area contributed by atoms with E-state index in [4.69, 9.17) is 0 Å². The number of piperazine rings is 1. The molecule has 27 heavy (non-hydrogen) atoms. The molecule has 1 aliphatic rings. The molecule has 1 fully saturated rings. The van der Waals surface area contributed by atoms with Gasteiger partial charge in [0.1, 0.15) is 0 Å². The monoisotopic (exact) mass is 364 g/mol. The van der Waals surface area contributed by atoms with Crippen molar-refractivity contribution in [1.82, 2.24) is 4.90 Å². The highest BCUT2D eigenvalue weighted by Crippen LogP contribution is 2.20. The number of Topliss-reactive ketones (excluding diaryl/α,β-unsaturated/α-hetero) is 2. The molecule has 2 aromatic carbocycles. The fraction of sp³-hybridized carbons (Fsp3) is 0.391. The third kappa shape index (κ3) is 4.45. The summed E-state index contributed by atoms with van der Waals surface area (Å²) in [6, 6.07) is 12.0. The first-order valence-electron chi connectivity index (χ1n) is 9.54. The van der Waals surface area contributed by atoms with Crippen molar-refractivity contribution in [2.24, 2.45) is 0 Å². The molecular weight excluding hydrogens is 336 g/mol. The predicted molar refractivity (Wildman–Crippen MR) is 110 cm³/mol. The third-order valence-corrected chi connectivity index (χ3v) is 5.33.